The monoisotopic (exact) mass is 240 g/mol. The molecule has 0 spiro atoms. The van der Waals surface area contributed by atoms with E-state index in [2.05, 4.69) is 10.3 Å². The maximum absolute atomic E-state index is 10.7. The molecule has 1 rings (SSSR count). The number of nitrogens with zero attached hydrogens (tertiary/aromatic N) is 1. The predicted molar refractivity (Wildman–Crippen MR) is 60.6 cm³/mol. The molecule has 1 aromatic rings. The van der Waals surface area contributed by atoms with E-state index in [1.165, 1.54) is 13.0 Å². The maximum atomic E-state index is 10.7. The van der Waals surface area contributed by atoms with Crippen LogP contribution in [0.3, 0.4) is 0 Å². The number of hydrogen-bond donors (Lipinski definition) is 4. The van der Waals surface area contributed by atoms with Crippen LogP contribution in [0.4, 0.5) is 0 Å². The van der Waals surface area contributed by atoms with Crippen molar-refractivity contribution in [3.8, 4) is 0 Å². The van der Waals surface area contributed by atoms with Crippen LogP contribution in [0, 0.1) is 0 Å². The molecule has 0 bridgehead atoms. The lowest BCUT2D eigenvalue weighted by Crippen LogP contribution is -2.40. The average Bonchev–Trinajstić information content (AvgIpc) is 2.29. The molecule has 1 aromatic heterocycles. The van der Waals surface area contributed by atoms with Crippen LogP contribution in [0.2, 0.25) is 0 Å². The molecule has 0 aliphatic carbocycles. The molecule has 1 unspecified atom stereocenters. The number of hydrogen-bond acceptors (Lipinski definition) is 5. The Balaban J connectivity index is 2.52. The van der Waals surface area contributed by atoms with Crippen molar-refractivity contribution in [1.29, 1.82) is 0 Å². The van der Waals surface area contributed by atoms with Crippen molar-refractivity contribution in [2.45, 2.75) is 19.1 Å². The third-order valence-corrected chi connectivity index (χ3v) is 2.18. The summed E-state index contributed by atoms with van der Waals surface area (Å²) >= 11 is 0. The Kier molecular flexibility index (Phi) is 4.56. The van der Waals surface area contributed by atoms with Gasteiger partial charge in [-0.25, -0.2) is 9.78 Å². The third-order valence-electron chi connectivity index (χ3n) is 2.18. The number of nitrogens with one attached hydrogen (secondary N) is 1. The van der Waals surface area contributed by atoms with Gasteiger partial charge in [-0.3, -0.25) is 0 Å². The highest BCUT2D eigenvalue weighted by molar-refractivity contribution is 5.85. The standard InChI is InChI=1S/C11H16N2O4/c1-11(17,7-14)6-12-5-8-3-2-4-9(13-8)10(15)16/h2-4,12,14,17H,5-7H2,1H3,(H,15,16). The second-order valence-corrected chi connectivity index (χ2v) is 4.08. The van der Waals surface area contributed by atoms with E-state index in [0.29, 0.717) is 12.2 Å². The van der Waals surface area contributed by atoms with Gasteiger partial charge in [0.15, 0.2) is 0 Å². The van der Waals surface area contributed by atoms with E-state index in [1.807, 2.05) is 0 Å². The first-order valence-corrected chi connectivity index (χ1v) is 5.18. The maximum Gasteiger partial charge on any atom is 0.354 e. The van der Waals surface area contributed by atoms with Gasteiger partial charge in [-0.1, -0.05) is 6.07 Å². The first-order valence-electron chi connectivity index (χ1n) is 5.18. The average molecular weight is 240 g/mol. The Morgan fingerprint density at radius 1 is 1.53 bits per heavy atom. The van der Waals surface area contributed by atoms with Gasteiger partial charge >= 0.3 is 5.97 Å². The normalized spacial score (nSPS) is 14.3. The fourth-order valence-corrected chi connectivity index (χ4v) is 1.21. The van der Waals surface area contributed by atoms with Gasteiger partial charge in [-0.05, 0) is 19.1 Å². The molecule has 0 aromatic carbocycles. The second-order valence-electron chi connectivity index (χ2n) is 4.08. The summed E-state index contributed by atoms with van der Waals surface area (Å²) in [5.74, 6) is -1.07. The van der Waals surface area contributed by atoms with Gasteiger partial charge in [0.25, 0.3) is 0 Å². The van der Waals surface area contributed by atoms with Gasteiger partial charge in [0, 0.05) is 13.1 Å². The van der Waals surface area contributed by atoms with Crippen LogP contribution in [0.15, 0.2) is 18.2 Å². The summed E-state index contributed by atoms with van der Waals surface area (Å²) in [5.41, 5.74) is -0.637. The summed E-state index contributed by atoms with van der Waals surface area (Å²) in [6.45, 7) is 1.68. The van der Waals surface area contributed by atoms with Crippen LogP contribution in [-0.4, -0.2) is 45.0 Å². The Morgan fingerprint density at radius 3 is 2.82 bits per heavy atom. The molecule has 0 amide bonds. The quantitative estimate of drug-likeness (QED) is 0.540. The fourth-order valence-electron chi connectivity index (χ4n) is 1.21. The van der Waals surface area contributed by atoms with Gasteiger partial charge in [0.2, 0.25) is 0 Å². The van der Waals surface area contributed by atoms with E-state index in [1.54, 1.807) is 12.1 Å². The Bertz CT molecular complexity index is 393. The first-order chi connectivity index (χ1) is 7.94. The molecule has 94 valence electrons. The van der Waals surface area contributed by atoms with Gasteiger partial charge in [-0.2, -0.15) is 0 Å². The summed E-state index contributed by atoms with van der Waals surface area (Å²) in [6.07, 6.45) is 0. The molecule has 6 heteroatoms. The molecule has 1 atom stereocenters. The number of aliphatic hydroxyl groups excluding tert-OH is 1. The molecule has 17 heavy (non-hydrogen) atoms. The zero-order valence-corrected chi connectivity index (χ0v) is 9.55. The van der Waals surface area contributed by atoms with E-state index in [9.17, 15) is 9.90 Å². The van der Waals surface area contributed by atoms with Crippen molar-refractivity contribution in [1.82, 2.24) is 10.3 Å². The van der Waals surface area contributed by atoms with Crippen molar-refractivity contribution >= 4 is 5.97 Å². The number of carbonyl (C=O) groups is 1. The number of carboxylic acid groups (broad SMARTS) is 1. The summed E-state index contributed by atoms with van der Waals surface area (Å²) in [4.78, 5) is 14.6. The van der Waals surface area contributed by atoms with Crippen LogP contribution in [0.5, 0.6) is 0 Å². The lowest BCUT2D eigenvalue weighted by atomic mass is 10.1. The molecular weight excluding hydrogens is 224 g/mol. The predicted octanol–water partition coefficient (Wildman–Crippen LogP) is -0.387. The highest BCUT2D eigenvalue weighted by Gasteiger charge is 2.17. The third kappa shape index (κ3) is 4.48. The zero-order valence-electron chi connectivity index (χ0n) is 9.55. The van der Waals surface area contributed by atoms with Crippen molar-refractivity contribution < 1.29 is 20.1 Å². The van der Waals surface area contributed by atoms with E-state index in [-0.39, 0.29) is 18.8 Å². The summed E-state index contributed by atoms with van der Waals surface area (Å²) in [5, 5.41) is 30.0. The molecular formula is C11H16N2O4. The van der Waals surface area contributed by atoms with Crippen LogP contribution in [-0.2, 0) is 6.54 Å². The molecule has 4 N–H and O–H groups in total. The van der Waals surface area contributed by atoms with Crippen molar-refractivity contribution in [3.05, 3.63) is 29.6 Å². The van der Waals surface area contributed by atoms with Crippen LogP contribution in [0.25, 0.3) is 0 Å². The lowest BCUT2D eigenvalue weighted by molar-refractivity contribution is 0.00247. The Hall–Kier alpha value is -1.50. The summed E-state index contributed by atoms with van der Waals surface area (Å²) < 4.78 is 0. The minimum atomic E-state index is -1.19. The van der Waals surface area contributed by atoms with Crippen molar-refractivity contribution in [3.63, 3.8) is 0 Å². The highest BCUT2D eigenvalue weighted by atomic mass is 16.4. The number of aliphatic hydroxyl groups is 2. The second kappa shape index (κ2) is 5.72. The zero-order chi connectivity index (χ0) is 12.9. The molecule has 0 aliphatic rings. The molecule has 0 radical (unpaired) electrons. The topological polar surface area (TPSA) is 103 Å². The lowest BCUT2D eigenvalue weighted by Gasteiger charge is -2.20. The van der Waals surface area contributed by atoms with E-state index < -0.39 is 11.6 Å². The smallest absolute Gasteiger partial charge is 0.354 e. The van der Waals surface area contributed by atoms with Crippen LogP contribution >= 0.6 is 0 Å². The van der Waals surface area contributed by atoms with Gasteiger partial charge < -0.3 is 20.6 Å². The summed E-state index contributed by atoms with van der Waals surface area (Å²) in [6, 6.07) is 4.71. The molecule has 1 heterocycles. The molecule has 6 nitrogen and oxygen atoms in total. The number of aromatic carboxylic acids is 1. The van der Waals surface area contributed by atoms with Crippen LogP contribution < -0.4 is 5.32 Å². The van der Waals surface area contributed by atoms with Gasteiger partial charge in [0.1, 0.15) is 5.69 Å². The minimum absolute atomic E-state index is 0.0155. The number of aromatic nitrogens is 1. The van der Waals surface area contributed by atoms with Gasteiger partial charge in [0.05, 0.1) is 17.9 Å². The Morgan fingerprint density at radius 2 is 2.24 bits per heavy atom. The molecule has 0 saturated carbocycles. The highest BCUT2D eigenvalue weighted by Crippen LogP contribution is 2.02. The molecule has 0 aliphatic heterocycles. The fraction of sp³-hybridized carbons (Fsp3) is 0.455. The van der Waals surface area contributed by atoms with Gasteiger partial charge in [-0.15, -0.1) is 0 Å². The SMILES string of the molecule is CC(O)(CO)CNCc1cccc(C(=O)O)n1. The largest absolute Gasteiger partial charge is 0.477 e. The number of carboxylic acids is 1. The van der Waals surface area contributed by atoms with Crippen LogP contribution in [0.1, 0.15) is 23.1 Å². The van der Waals surface area contributed by atoms with E-state index >= 15 is 0 Å². The Labute approximate surface area is 98.9 Å². The molecule has 0 saturated heterocycles. The summed E-state index contributed by atoms with van der Waals surface area (Å²) in [7, 11) is 0. The number of rotatable bonds is 6. The van der Waals surface area contributed by atoms with Crippen molar-refractivity contribution in [2.24, 2.45) is 0 Å². The van der Waals surface area contributed by atoms with E-state index in [4.69, 9.17) is 10.2 Å². The number of pyridine rings is 1. The first kappa shape index (κ1) is 13.6. The van der Waals surface area contributed by atoms with Crippen molar-refractivity contribution in [2.75, 3.05) is 13.2 Å². The minimum Gasteiger partial charge on any atom is -0.477 e. The molecule has 0 fully saturated rings. The van der Waals surface area contributed by atoms with E-state index in [0.717, 1.165) is 0 Å².